The van der Waals surface area contributed by atoms with Crippen LogP contribution in [0.5, 0.6) is 0 Å². The molecular formula is C17H21N3O2. The standard InChI is InChI=1S/C17H21N3O2/c1-17(2,3)22-16(21)15(20-18)13-9-7-12(8-10-13)14-6-4-5-11-19-14/h4-11,15,20H,18H2,1-3H3. The van der Waals surface area contributed by atoms with Crippen LogP contribution in [0, 0.1) is 0 Å². The molecule has 0 fully saturated rings. The number of esters is 1. The lowest BCUT2D eigenvalue weighted by Gasteiger charge is -2.23. The summed E-state index contributed by atoms with van der Waals surface area (Å²) in [5.41, 5.74) is 4.56. The van der Waals surface area contributed by atoms with Gasteiger partial charge in [-0.15, -0.1) is 0 Å². The molecule has 0 aliphatic carbocycles. The number of aromatic nitrogens is 1. The molecule has 1 unspecified atom stereocenters. The van der Waals surface area contributed by atoms with Crippen molar-refractivity contribution < 1.29 is 9.53 Å². The Labute approximate surface area is 130 Å². The van der Waals surface area contributed by atoms with Gasteiger partial charge in [0.1, 0.15) is 11.6 Å². The lowest BCUT2D eigenvalue weighted by atomic mass is 10.0. The van der Waals surface area contributed by atoms with Crippen molar-refractivity contribution >= 4 is 5.97 Å². The van der Waals surface area contributed by atoms with Gasteiger partial charge < -0.3 is 4.74 Å². The molecule has 2 rings (SSSR count). The largest absolute Gasteiger partial charge is 0.459 e. The minimum atomic E-state index is -0.697. The van der Waals surface area contributed by atoms with Gasteiger partial charge in [-0.25, -0.2) is 10.2 Å². The van der Waals surface area contributed by atoms with Crippen LogP contribution in [0.1, 0.15) is 32.4 Å². The number of hydrazine groups is 1. The maximum Gasteiger partial charge on any atom is 0.329 e. The Hall–Kier alpha value is -2.24. The SMILES string of the molecule is CC(C)(C)OC(=O)C(NN)c1ccc(-c2ccccn2)cc1. The molecule has 5 heteroatoms. The quantitative estimate of drug-likeness (QED) is 0.515. The van der Waals surface area contributed by atoms with Crippen LogP contribution in [0.25, 0.3) is 11.3 Å². The highest BCUT2D eigenvalue weighted by atomic mass is 16.6. The number of nitrogens with zero attached hydrogens (tertiary/aromatic N) is 1. The molecule has 116 valence electrons. The van der Waals surface area contributed by atoms with Gasteiger partial charge >= 0.3 is 5.97 Å². The van der Waals surface area contributed by atoms with Crippen LogP contribution in [0.15, 0.2) is 48.7 Å². The number of nitrogens with one attached hydrogen (secondary N) is 1. The van der Waals surface area contributed by atoms with E-state index in [1.165, 1.54) is 0 Å². The minimum Gasteiger partial charge on any atom is -0.459 e. The first-order valence-electron chi connectivity index (χ1n) is 7.11. The summed E-state index contributed by atoms with van der Waals surface area (Å²) >= 11 is 0. The predicted molar refractivity (Wildman–Crippen MR) is 85.6 cm³/mol. The summed E-state index contributed by atoms with van der Waals surface area (Å²) in [6.45, 7) is 5.47. The third-order valence-electron chi connectivity index (χ3n) is 3.01. The van der Waals surface area contributed by atoms with E-state index in [0.717, 1.165) is 16.8 Å². The summed E-state index contributed by atoms with van der Waals surface area (Å²) in [7, 11) is 0. The smallest absolute Gasteiger partial charge is 0.329 e. The topological polar surface area (TPSA) is 77.2 Å². The number of carbonyl (C=O) groups is 1. The zero-order valence-corrected chi connectivity index (χ0v) is 13.0. The highest BCUT2D eigenvalue weighted by molar-refractivity contribution is 5.78. The summed E-state index contributed by atoms with van der Waals surface area (Å²) < 4.78 is 5.37. The molecule has 5 nitrogen and oxygen atoms in total. The Bertz CT molecular complexity index is 619. The average molecular weight is 299 g/mol. The second-order valence-corrected chi connectivity index (χ2v) is 5.97. The molecule has 0 saturated heterocycles. The first-order chi connectivity index (χ1) is 10.4. The second-order valence-electron chi connectivity index (χ2n) is 5.97. The molecule has 0 aliphatic heterocycles. The maximum atomic E-state index is 12.2. The van der Waals surface area contributed by atoms with E-state index in [-0.39, 0.29) is 0 Å². The van der Waals surface area contributed by atoms with Gasteiger partial charge in [-0.05, 0) is 38.5 Å². The first-order valence-corrected chi connectivity index (χ1v) is 7.11. The fourth-order valence-electron chi connectivity index (χ4n) is 2.04. The number of pyridine rings is 1. The molecule has 2 aromatic rings. The number of nitrogens with two attached hydrogens (primary N) is 1. The van der Waals surface area contributed by atoms with Crippen molar-refractivity contribution in [3.05, 3.63) is 54.2 Å². The number of hydrogen-bond donors (Lipinski definition) is 2. The van der Waals surface area contributed by atoms with Crippen molar-refractivity contribution in [2.75, 3.05) is 0 Å². The van der Waals surface area contributed by atoms with Crippen molar-refractivity contribution in [2.24, 2.45) is 5.84 Å². The van der Waals surface area contributed by atoms with Gasteiger partial charge in [-0.3, -0.25) is 10.8 Å². The van der Waals surface area contributed by atoms with Crippen LogP contribution < -0.4 is 11.3 Å². The number of benzene rings is 1. The van der Waals surface area contributed by atoms with Crippen LogP contribution in [0.4, 0.5) is 0 Å². The van der Waals surface area contributed by atoms with Gasteiger partial charge in [0.05, 0.1) is 5.69 Å². The number of hydrogen-bond acceptors (Lipinski definition) is 5. The van der Waals surface area contributed by atoms with Gasteiger partial charge in [-0.2, -0.15) is 0 Å². The van der Waals surface area contributed by atoms with E-state index in [2.05, 4.69) is 10.4 Å². The van der Waals surface area contributed by atoms with E-state index >= 15 is 0 Å². The van der Waals surface area contributed by atoms with Gasteiger partial charge in [-0.1, -0.05) is 30.3 Å². The first kappa shape index (κ1) is 16.1. The van der Waals surface area contributed by atoms with Crippen molar-refractivity contribution in [1.29, 1.82) is 0 Å². The zero-order chi connectivity index (χ0) is 16.2. The molecule has 0 bridgehead atoms. The molecule has 3 N–H and O–H groups in total. The Morgan fingerprint density at radius 1 is 1.18 bits per heavy atom. The molecule has 1 aromatic carbocycles. The van der Waals surface area contributed by atoms with Crippen molar-refractivity contribution in [3.8, 4) is 11.3 Å². The Morgan fingerprint density at radius 3 is 2.36 bits per heavy atom. The van der Waals surface area contributed by atoms with Crippen LogP contribution in [-0.4, -0.2) is 16.6 Å². The highest BCUT2D eigenvalue weighted by Gasteiger charge is 2.25. The summed E-state index contributed by atoms with van der Waals surface area (Å²) in [4.78, 5) is 16.5. The van der Waals surface area contributed by atoms with E-state index < -0.39 is 17.6 Å². The van der Waals surface area contributed by atoms with Crippen molar-refractivity contribution in [3.63, 3.8) is 0 Å². The summed E-state index contributed by atoms with van der Waals surface area (Å²) in [5, 5.41) is 0. The average Bonchev–Trinajstić information content (AvgIpc) is 2.48. The van der Waals surface area contributed by atoms with Gasteiger partial charge in [0.15, 0.2) is 0 Å². The lowest BCUT2D eigenvalue weighted by molar-refractivity contribution is -0.157. The molecule has 1 atom stereocenters. The predicted octanol–water partition coefficient (Wildman–Crippen LogP) is 2.59. The van der Waals surface area contributed by atoms with Crippen molar-refractivity contribution in [1.82, 2.24) is 10.4 Å². The monoisotopic (exact) mass is 299 g/mol. The van der Waals surface area contributed by atoms with Crippen LogP contribution in [0.2, 0.25) is 0 Å². The molecular weight excluding hydrogens is 278 g/mol. The molecule has 0 aliphatic rings. The fourth-order valence-corrected chi connectivity index (χ4v) is 2.04. The van der Waals surface area contributed by atoms with E-state index in [1.54, 1.807) is 6.20 Å². The van der Waals surface area contributed by atoms with Gasteiger partial charge in [0.25, 0.3) is 0 Å². The molecule has 0 amide bonds. The second kappa shape index (κ2) is 6.68. The number of carbonyl (C=O) groups excluding carboxylic acids is 1. The maximum absolute atomic E-state index is 12.2. The molecule has 0 radical (unpaired) electrons. The van der Waals surface area contributed by atoms with Gasteiger partial charge in [0, 0.05) is 11.8 Å². The summed E-state index contributed by atoms with van der Waals surface area (Å²) in [6, 6.07) is 12.5. The lowest BCUT2D eigenvalue weighted by Crippen LogP contribution is -2.38. The molecule has 1 heterocycles. The number of rotatable bonds is 4. The zero-order valence-electron chi connectivity index (χ0n) is 13.0. The molecule has 0 spiro atoms. The van der Waals surface area contributed by atoms with E-state index in [9.17, 15) is 4.79 Å². The molecule has 0 saturated carbocycles. The fraction of sp³-hybridized carbons (Fsp3) is 0.294. The Balaban J connectivity index is 2.19. The van der Waals surface area contributed by atoms with E-state index in [1.807, 2.05) is 63.2 Å². The number of ether oxygens (including phenoxy) is 1. The third-order valence-corrected chi connectivity index (χ3v) is 3.01. The minimum absolute atomic E-state index is 0.402. The Morgan fingerprint density at radius 2 is 1.86 bits per heavy atom. The van der Waals surface area contributed by atoms with Crippen LogP contribution in [-0.2, 0) is 9.53 Å². The third kappa shape index (κ3) is 4.13. The summed E-state index contributed by atoms with van der Waals surface area (Å²) in [5.74, 6) is 5.11. The summed E-state index contributed by atoms with van der Waals surface area (Å²) in [6.07, 6.45) is 1.74. The van der Waals surface area contributed by atoms with Crippen LogP contribution >= 0.6 is 0 Å². The Kier molecular flexibility index (Phi) is 4.90. The molecule has 1 aromatic heterocycles. The normalized spacial score (nSPS) is 12.7. The molecule has 22 heavy (non-hydrogen) atoms. The van der Waals surface area contributed by atoms with E-state index in [0.29, 0.717) is 0 Å². The van der Waals surface area contributed by atoms with Crippen molar-refractivity contribution in [2.45, 2.75) is 32.4 Å². The highest BCUT2D eigenvalue weighted by Crippen LogP contribution is 2.22. The van der Waals surface area contributed by atoms with Gasteiger partial charge in [0.2, 0.25) is 0 Å². The van der Waals surface area contributed by atoms with Crippen LogP contribution in [0.3, 0.4) is 0 Å². The van der Waals surface area contributed by atoms with E-state index in [4.69, 9.17) is 10.6 Å².